The molecule has 0 spiro atoms. The zero-order valence-corrected chi connectivity index (χ0v) is 24.3. The standard InChI is InChI=1S/3C7H7.2C4H8O2.Bi/c3*1-7-5-3-2-4-6-7;2*1-2-3-4(5)6;/h3*3-6H,1H3;2*2-3H2,1H3,(H,5,6);/q;;;;;+2/p-2. The minimum atomic E-state index is -5.84. The van der Waals surface area contributed by atoms with Gasteiger partial charge in [-0.1, -0.05) is 0 Å². The average Bonchev–Trinajstić information content (AvgIpc) is 2.80. The van der Waals surface area contributed by atoms with Gasteiger partial charge in [-0.2, -0.15) is 0 Å². The molecule has 3 aromatic rings. The molecule has 3 rings (SSSR count). The van der Waals surface area contributed by atoms with Gasteiger partial charge in [0.25, 0.3) is 0 Å². The van der Waals surface area contributed by atoms with Crippen molar-refractivity contribution in [3.8, 4) is 0 Å². The maximum absolute atomic E-state index is 13.4. The fraction of sp³-hybridized carbons (Fsp3) is 0.310. The predicted molar refractivity (Wildman–Crippen MR) is 140 cm³/mol. The van der Waals surface area contributed by atoms with Crippen LogP contribution in [-0.2, 0) is 15.2 Å². The van der Waals surface area contributed by atoms with Crippen molar-refractivity contribution in [2.45, 2.75) is 60.3 Å². The van der Waals surface area contributed by atoms with E-state index in [0.29, 0.717) is 12.8 Å². The summed E-state index contributed by atoms with van der Waals surface area (Å²) in [6.07, 6.45) is 1.78. The Hall–Kier alpha value is -2.52. The van der Waals surface area contributed by atoms with Crippen molar-refractivity contribution in [2.75, 3.05) is 0 Å². The van der Waals surface area contributed by atoms with Crippen LogP contribution in [0.4, 0.5) is 0 Å². The summed E-state index contributed by atoms with van der Waals surface area (Å²) >= 11 is -5.84. The summed E-state index contributed by atoms with van der Waals surface area (Å²) in [6.45, 7) is 9.92. The molecule has 180 valence electrons. The third-order valence-corrected chi connectivity index (χ3v) is 24.7. The Morgan fingerprint density at radius 2 is 0.824 bits per heavy atom. The van der Waals surface area contributed by atoms with Gasteiger partial charge < -0.3 is 0 Å². The van der Waals surface area contributed by atoms with Crippen LogP contribution in [-0.4, -0.2) is 31.6 Å². The zero-order chi connectivity index (χ0) is 24.8. The van der Waals surface area contributed by atoms with Crippen LogP contribution < -0.4 is 9.81 Å². The van der Waals surface area contributed by atoms with Gasteiger partial charge in [-0.15, -0.1) is 0 Å². The predicted octanol–water partition coefficient (Wildman–Crippen LogP) is 4.72. The Balaban J connectivity index is 2.52. The van der Waals surface area contributed by atoms with E-state index in [0.717, 1.165) is 26.5 Å². The van der Waals surface area contributed by atoms with Gasteiger partial charge in [0.1, 0.15) is 0 Å². The first-order valence-corrected chi connectivity index (χ1v) is 20.0. The van der Waals surface area contributed by atoms with E-state index >= 15 is 0 Å². The van der Waals surface area contributed by atoms with Crippen molar-refractivity contribution in [3.05, 3.63) is 89.5 Å². The fourth-order valence-corrected chi connectivity index (χ4v) is 22.0. The van der Waals surface area contributed by atoms with Crippen LogP contribution >= 0.6 is 0 Å². The Morgan fingerprint density at radius 3 is 1.06 bits per heavy atom. The Bertz CT molecular complexity index is 995. The van der Waals surface area contributed by atoms with E-state index in [1.165, 1.54) is 0 Å². The molecule has 0 aliphatic heterocycles. The molecule has 0 saturated heterocycles. The minimum absolute atomic E-state index is 0.250. The van der Waals surface area contributed by atoms with Gasteiger partial charge in [0.2, 0.25) is 0 Å². The van der Waals surface area contributed by atoms with Crippen LogP contribution in [0.25, 0.3) is 0 Å². The quantitative estimate of drug-likeness (QED) is 0.313. The fourth-order valence-electron chi connectivity index (χ4n) is 4.12. The molecule has 5 heteroatoms. The van der Waals surface area contributed by atoms with Crippen molar-refractivity contribution in [2.24, 2.45) is 0 Å². The van der Waals surface area contributed by atoms with Crippen LogP contribution in [0.3, 0.4) is 0 Å². The Kier molecular flexibility index (Phi) is 8.31. The van der Waals surface area contributed by atoms with E-state index in [1.807, 2.05) is 107 Å². The maximum atomic E-state index is 13.4. The number of benzene rings is 3. The van der Waals surface area contributed by atoms with Gasteiger partial charge in [-0.25, -0.2) is 0 Å². The number of rotatable bonds is 9. The summed E-state index contributed by atoms with van der Waals surface area (Å²) in [7, 11) is 0. The van der Waals surface area contributed by atoms with E-state index in [4.69, 9.17) is 5.63 Å². The first kappa shape index (κ1) is 26.1. The van der Waals surface area contributed by atoms with E-state index in [-0.39, 0.29) is 24.8 Å². The van der Waals surface area contributed by atoms with E-state index in [9.17, 15) is 9.59 Å². The molecule has 0 atom stereocenters. The van der Waals surface area contributed by atoms with Crippen molar-refractivity contribution in [3.63, 3.8) is 0 Å². The molecule has 0 aliphatic rings. The molecule has 0 saturated carbocycles. The third kappa shape index (κ3) is 4.95. The summed E-state index contributed by atoms with van der Waals surface area (Å²) in [4.78, 5) is 26.7. The van der Waals surface area contributed by atoms with Gasteiger partial charge >= 0.3 is 206 Å². The molecule has 0 amide bonds. The Morgan fingerprint density at radius 1 is 0.559 bits per heavy atom. The first-order chi connectivity index (χ1) is 16.2. The van der Waals surface area contributed by atoms with E-state index in [2.05, 4.69) is 0 Å². The molecule has 0 aliphatic carbocycles. The second-order valence-electron chi connectivity index (χ2n) is 8.89. The second-order valence-corrected chi connectivity index (χ2v) is 23.8. The SMILES string of the molecule is CCCC(=O)[O][Bi]([O]C(=O)CCC)([c]1ccc(C)cc1)([c]1ccc(C)cc1)[c]1ccc(C)cc1. The molecule has 0 aromatic heterocycles. The molecule has 0 heterocycles. The second kappa shape index (κ2) is 10.8. The van der Waals surface area contributed by atoms with Crippen molar-refractivity contribution in [1.29, 1.82) is 0 Å². The Labute approximate surface area is 205 Å². The average molecular weight is 657 g/mol. The number of hydrogen-bond acceptors (Lipinski definition) is 4. The summed E-state index contributed by atoms with van der Waals surface area (Å²) in [5.74, 6) is -0.692. The summed E-state index contributed by atoms with van der Waals surface area (Å²) in [5.41, 5.74) is 3.23. The monoisotopic (exact) mass is 656 g/mol. The number of hydrogen-bond donors (Lipinski definition) is 0. The van der Waals surface area contributed by atoms with E-state index in [1.54, 1.807) is 0 Å². The van der Waals surface area contributed by atoms with Crippen molar-refractivity contribution in [1.82, 2.24) is 0 Å². The van der Waals surface area contributed by atoms with Gasteiger partial charge in [-0.3, -0.25) is 0 Å². The van der Waals surface area contributed by atoms with Crippen LogP contribution in [0, 0.1) is 20.8 Å². The van der Waals surface area contributed by atoms with Crippen LogP contribution in [0.5, 0.6) is 0 Å². The van der Waals surface area contributed by atoms with Crippen molar-refractivity contribution >= 4 is 41.4 Å². The molecule has 0 bridgehead atoms. The normalized spacial score (nSPS) is 12.4. The number of carbonyl (C=O) groups excluding carboxylic acids is 2. The van der Waals surface area contributed by atoms with Crippen LogP contribution in [0.1, 0.15) is 56.2 Å². The molecule has 0 radical (unpaired) electrons. The third-order valence-electron chi connectivity index (χ3n) is 5.97. The zero-order valence-electron chi connectivity index (χ0n) is 20.8. The molecule has 4 nitrogen and oxygen atoms in total. The first-order valence-electron chi connectivity index (χ1n) is 11.9. The van der Waals surface area contributed by atoms with Crippen molar-refractivity contribution < 1.29 is 15.2 Å². The molecular formula is C29H35BiO4. The number of carbonyl (C=O) groups is 2. The molecule has 0 fully saturated rings. The molecule has 0 N–H and O–H groups in total. The molecular weight excluding hydrogens is 621 g/mol. The van der Waals surface area contributed by atoms with E-state index < -0.39 is 19.7 Å². The topological polar surface area (TPSA) is 52.6 Å². The molecule has 3 aromatic carbocycles. The molecule has 0 unspecified atom stereocenters. The summed E-state index contributed by atoms with van der Waals surface area (Å²) in [6, 6.07) is 23.8. The number of aryl methyl sites for hydroxylation is 3. The van der Waals surface area contributed by atoms with Crippen LogP contribution in [0.2, 0.25) is 0 Å². The van der Waals surface area contributed by atoms with Crippen LogP contribution in [0.15, 0.2) is 72.8 Å². The summed E-state index contributed by atoms with van der Waals surface area (Å²) in [5, 5.41) is 0. The van der Waals surface area contributed by atoms with Gasteiger partial charge in [-0.05, 0) is 0 Å². The van der Waals surface area contributed by atoms with Gasteiger partial charge in [0.05, 0.1) is 0 Å². The van der Waals surface area contributed by atoms with Gasteiger partial charge in [0.15, 0.2) is 0 Å². The molecule has 34 heavy (non-hydrogen) atoms. The van der Waals surface area contributed by atoms with Gasteiger partial charge in [0, 0.05) is 0 Å². The summed E-state index contributed by atoms with van der Waals surface area (Å²) < 4.78 is 15.7.